The van der Waals surface area contributed by atoms with Crippen LogP contribution < -0.4 is 0 Å². The second-order valence-corrected chi connectivity index (χ2v) is 4.85. The molecule has 2 rings (SSSR count). The number of carbonyl (C=O) groups is 1. The summed E-state index contributed by atoms with van der Waals surface area (Å²) >= 11 is 0. The molecule has 0 aliphatic carbocycles. The SMILES string of the molecule is CCN1Cc2ccc(CC(C)C(=O)O)cc2C1. The van der Waals surface area contributed by atoms with Crippen molar-refractivity contribution in [2.75, 3.05) is 6.54 Å². The van der Waals surface area contributed by atoms with E-state index >= 15 is 0 Å². The number of aliphatic carboxylic acids is 1. The molecule has 0 amide bonds. The Kier molecular flexibility index (Phi) is 3.48. The molecule has 0 saturated heterocycles. The maximum Gasteiger partial charge on any atom is 0.306 e. The van der Waals surface area contributed by atoms with E-state index in [9.17, 15) is 4.79 Å². The van der Waals surface area contributed by atoms with Crippen LogP contribution in [-0.4, -0.2) is 22.5 Å². The summed E-state index contributed by atoms with van der Waals surface area (Å²) < 4.78 is 0. The minimum Gasteiger partial charge on any atom is -0.481 e. The highest BCUT2D eigenvalue weighted by Gasteiger charge is 2.18. The molecule has 3 nitrogen and oxygen atoms in total. The number of carboxylic acid groups (broad SMARTS) is 1. The predicted octanol–water partition coefficient (Wildman–Crippen LogP) is 2.29. The predicted molar refractivity (Wildman–Crippen MR) is 66.7 cm³/mol. The normalized spacial score (nSPS) is 16.8. The van der Waals surface area contributed by atoms with Gasteiger partial charge in [-0.3, -0.25) is 9.69 Å². The first-order chi connectivity index (χ1) is 8.10. The van der Waals surface area contributed by atoms with Crippen LogP contribution in [0.2, 0.25) is 0 Å². The van der Waals surface area contributed by atoms with Crippen LogP contribution in [0, 0.1) is 5.92 Å². The van der Waals surface area contributed by atoms with Gasteiger partial charge in [-0.05, 0) is 29.7 Å². The Bertz CT molecular complexity index is 428. The lowest BCUT2D eigenvalue weighted by Crippen LogP contribution is -2.14. The second-order valence-electron chi connectivity index (χ2n) is 4.85. The Balaban J connectivity index is 2.11. The van der Waals surface area contributed by atoms with Crippen LogP contribution in [-0.2, 0) is 24.3 Å². The van der Waals surface area contributed by atoms with Crippen molar-refractivity contribution >= 4 is 5.97 Å². The Morgan fingerprint density at radius 1 is 1.41 bits per heavy atom. The average Bonchev–Trinajstić information content (AvgIpc) is 2.70. The minimum atomic E-state index is -0.722. The molecular formula is C14H19NO2. The Morgan fingerprint density at radius 2 is 2.12 bits per heavy atom. The molecule has 1 N–H and O–H groups in total. The van der Waals surface area contributed by atoms with Gasteiger partial charge in [0.05, 0.1) is 5.92 Å². The molecule has 92 valence electrons. The van der Waals surface area contributed by atoms with Gasteiger partial charge in [-0.25, -0.2) is 0 Å². The van der Waals surface area contributed by atoms with Gasteiger partial charge in [-0.15, -0.1) is 0 Å². The summed E-state index contributed by atoms with van der Waals surface area (Å²) in [5.41, 5.74) is 3.89. The fraction of sp³-hybridized carbons (Fsp3) is 0.500. The highest BCUT2D eigenvalue weighted by molar-refractivity contribution is 5.69. The first kappa shape index (κ1) is 12.1. The first-order valence-corrected chi connectivity index (χ1v) is 6.16. The van der Waals surface area contributed by atoms with Gasteiger partial charge in [0, 0.05) is 13.1 Å². The summed E-state index contributed by atoms with van der Waals surface area (Å²) in [6, 6.07) is 6.39. The van der Waals surface area contributed by atoms with Gasteiger partial charge in [-0.2, -0.15) is 0 Å². The zero-order valence-corrected chi connectivity index (χ0v) is 10.4. The van der Waals surface area contributed by atoms with Crippen molar-refractivity contribution in [2.24, 2.45) is 5.92 Å². The Hall–Kier alpha value is -1.35. The molecule has 0 saturated carbocycles. The fourth-order valence-corrected chi connectivity index (χ4v) is 2.31. The van der Waals surface area contributed by atoms with Crippen molar-refractivity contribution in [2.45, 2.75) is 33.4 Å². The molecule has 1 aliphatic heterocycles. The molecule has 0 bridgehead atoms. The van der Waals surface area contributed by atoms with E-state index in [1.165, 1.54) is 11.1 Å². The molecule has 0 spiro atoms. The van der Waals surface area contributed by atoms with Crippen LogP contribution in [0.1, 0.15) is 30.5 Å². The largest absolute Gasteiger partial charge is 0.481 e. The van der Waals surface area contributed by atoms with Crippen LogP contribution in [0.5, 0.6) is 0 Å². The standard InChI is InChI=1S/C14H19NO2/c1-3-15-8-12-5-4-11(7-13(12)9-15)6-10(2)14(16)17/h4-5,7,10H,3,6,8-9H2,1-2H3,(H,16,17). The zero-order valence-electron chi connectivity index (χ0n) is 10.4. The number of rotatable bonds is 4. The van der Waals surface area contributed by atoms with E-state index in [1.807, 2.05) is 0 Å². The minimum absolute atomic E-state index is 0.309. The van der Waals surface area contributed by atoms with Gasteiger partial charge in [0.25, 0.3) is 0 Å². The van der Waals surface area contributed by atoms with Gasteiger partial charge in [0.15, 0.2) is 0 Å². The average molecular weight is 233 g/mol. The molecular weight excluding hydrogens is 214 g/mol. The van der Waals surface area contributed by atoms with E-state index < -0.39 is 5.97 Å². The maximum atomic E-state index is 10.8. The first-order valence-electron chi connectivity index (χ1n) is 6.16. The topological polar surface area (TPSA) is 40.5 Å². The molecule has 0 radical (unpaired) electrons. The number of nitrogens with zero attached hydrogens (tertiary/aromatic N) is 1. The Morgan fingerprint density at radius 3 is 2.76 bits per heavy atom. The molecule has 1 heterocycles. The van der Waals surface area contributed by atoms with Crippen molar-refractivity contribution < 1.29 is 9.90 Å². The third kappa shape index (κ3) is 2.67. The molecule has 17 heavy (non-hydrogen) atoms. The summed E-state index contributed by atoms with van der Waals surface area (Å²) in [5.74, 6) is -1.03. The number of carboxylic acids is 1. The fourth-order valence-electron chi connectivity index (χ4n) is 2.31. The van der Waals surface area contributed by atoms with E-state index in [1.54, 1.807) is 6.92 Å². The van der Waals surface area contributed by atoms with Gasteiger partial charge < -0.3 is 5.11 Å². The van der Waals surface area contributed by atoms with Crippen molar-refractivity contribution in [3.8, 4) is 0 Å². The molecule has 1 aromatic rings. The van der Waals surface area contributed by atoms with Crippen molar-refractivity contribution in [1.82, 2.24) is 4.90 Å². The van der Waals surface area contributed by atoms with Crippen LogP contribution in [0.4, 0.5) is 0 Å². The maximum absolute atomic E-state index is 10.8. The molecule has 1 unspecified atom stereocenters. The summed E-state index contributed by atoms with van der Waals surface area (Å²) in [6.45, 7) is 7.02. The van der Waals surface area contributed by atoms with Crippen LogP contribution in [0.3, 0.4) is 0 Å². The van der Waals surface area contributed by atoms with E-state index in [0.717, 1.165) is 25.2 Å². The molecule has 1 aliphatic rings. The van der Waals surface area contributed by atoms with Crippen molar-refractivity contribution in [3.05, 3.63) is 34.9 Å². The zero-order chi connectivity index (χ0) is 12.4. The summed E-state index contributed by atoms with van der Waals surface area (Å²) in [5, 5.41) is 8.91. The van der Waals surface area contributed by atoms with Gasteiger partial charge in [-0.1, -0.05) is 32.0 Å². The van der Waals surface area contributed by atoms with Crippen molar-refractivity contribution in [1.29, 1.82) is 0 Å². The lowest BCUT2D eigenvalue weighted by molar-refractivity contribution is -0.141. The molecule has 1 atom stereocenters. The number of hydrogen-bond donors (Lipinski definition) is 1. The summed E-state index contributed by atoms with van der Waals surface area (Å²) in [4.78, 5) is 13.2. The van der Waals surface area contributed by atoms with Crippen LogP contribution in [0.25, 0.3) is 0 Å². The number of hydrogen-bond acceptors (Lipinski definition) is 2. The smallest absolute Gasteiger partial charge is 0.306 e. The third-order valence-electron chi connectivity index (χ3n) is 3.47. The van der Waals surface area contributed by atoms with Gasteiger partial charge in [0.1, 0.15) is 0 Å². The summed E-state index contributed by atoms with van der Waals surface area (Å²) in [7, 11) is 0. The quantitative estimate of drug-likeness (QED) is 0.867. The highest BCUT2D eigenvalue weighted by atomic mass is 16.4. The molecule has 1 aromatic carbocycles. The van der Waals surface area contributed by atoms with E-state index in [-0.39, 0.29) is 5.92 Å². The van der Waals surface area contributed by atoms with E-state index in [0.29, 0.717) is 6.42 Å². The summed E-state index contributed by atoms with van der Waals surface area (Å²) in [6.07, 6.45) is 0.620. The molecule has 0 fully saturated rings. The van der Waals surface area contributed by atoms with E-state index in [2.05, 4.69) is 30.0 Å². The third-order valence-corrected chi connectivity index (χ3v) is 3.47. The second kappa shape index (κ2) is 4.88. The highest BCUT2D eigenvalue weighted by Crippen LogP contribution is 2.24. The van der Waals surface area contributed by atoms with Crippen LogP contribution >= 0.6 is 0 Å². The van der Waals surface area contributed by atoms with E-state index in [4.69, 9.17) is 5.11 Å². The van der Waals surface area contributed by atoms with Gasteiger partial charge in [0.2, 0.25) is 0 Å². The van der Waals surface area contributed by atoms with Crippen molar-refractivity contribution in [3.63, 3.8) is 0 Å². The number of benzene rings is 1. The Labute approximate surface area is 102 Å². The lowest BCUT2D eigenvalue weighted by Gasteiger charge is -2.09. The monoisotopic (exact) mass is 233 g/mol. The van der Waals surface area contributed by atoms with Gasteiger partial charge >= 0.3 is 5.97 Å². The molecule has 3 heteroatoms. The lowest BCUT2D eigenvalue weighted by atomic mass is 9.98. The van der Waals surface area contributed by atoms with Crippen LogP contribution in [0.15, 0.2) is 18.2 Å². The number of fused-ring (bicyclic) bond motifs is 1. The molecule has 0 aromatic heterocycles.